The lowest BCUT2D eigenvalue weighted by Gasteiger charge is -2.49. The third-order valence-corrected chi connectivity index (χ3v) is 9.60. The van der Waals surface area contributed by atoms with E-state index in [1.54, 1.807) is 32.3 Å². The average Bonchev–Trinajstić information content (AvgIpc) is 3.65. The van der Waals surface area contributed by atoms with E-state index in [9.17, 15) is 19.2 Å². The molecule has 5 rings (SSSR count). The normalized spacial score (nSPS) is 18.5. The van der Waals surface area contributed by atoms with Crippen LogP contribution >= 0.6 is 34.9 Å². The summed E-state index contributed by atoms with van der Waals surface area (Å²) in [5, 5.41) is 8.53. The number of β-lactam (4-membered cyclic amide) rings is 1. The number of thiazole rings is 1. The number of imidazole rings is 1. The first-order valence-corrected chi connectivity index (χ1v) is 16.1. The van der Waals surface area contributed by atoms with E-state index in [2.05, 4.69) is 20.4 Å². The molecule has 0 spiro atoms. The van der Waals surface area contributed by atoms with E-state index >= 15 is 0 Å². The van der Waals surface area contributed by atoms with Crippen LogP contribution in [-0.4, -0.2) is 85.6 Å². The molecule has 0 unspecified atom stereocenters. The molecule has 2 amide bonds. The third kappa shape index (κ3) is 6.39. The fraction of sp³-hybridized carbons (Fsp3) is 0.370. The summed E-state index contributed by atoms with van der Waals surface area (Å²) in [6, 6.07) is 4.74. The first-order chi connectivity index (χ1) is 21.0. The Morgan fingerprint density at radius 1 is 1.25 bits per heavy atom. The molecule has 232 valence electrons. The first kappa shape index (κ1) is 31.3. The Morgan fingerprint density at radius 2 is 2.05 bits per heavy atom. The molecule has 17 heteroatoms. The molecule has 2 aliphatic heterocycles. The molecule has 44 heavy (non-hydrogen) atoms. The SMILES string of the molecule is CO/N=C(\C(=O)N[C@@H]1C(=O)N2C(C(=O)OCOC(=O)C(C)(C)C)=C(CSc3cccc4nccn34)CS[C@H]12)c1csc(N)n1. The van der Waals surface area contributed by atoms with Gasteiger partial charge < -0.3 is 25.4 Å². The van der Waals surface area contributed by atoms with Gasteiger partial charge in [0.25, 0.3) is 11.8 Å². The summed E-state index contributed by atoms with van der Waals surface area (Å²) in [6.45, 7) is 4.43. The van der Waals surface area contributed by atoms with Crippen molar-refractivity contribution < 1.29 is 33.5 Å². The zero-order chi connectivity index (χ0) is 31.6. The Morgan fingerprint density at radius 3 is 2.75 bits per heavy atom. The van der Waals surface area contributed by atoms with E-state index in [1.807, 2.05) is 28.8 Å². The van der Waals surface area contributed by atoms with Crippen molar-refractivity contribution in [2.75, 3.05) is 31.1 Å². The Kier molecular flexibility index (Phi) is 9.17. The van der Waals surface area contributed by atoms with Gasteiger partial charge in [-0.25, -0.2) is 14.8 Å². The highest BCUT2D eigenvalue weighted by Gasteiger charge is 2.54. The first-order valence-electron chi connectivity index (χ1n) is 13.2. The number of thioether (sulfide) groups is 2. The number of carbonyl (C=O) groups excluding carboxylic acids is 4. The maximum Gasteiger partial charge on any atom is 0.357 e. The van der Waals surface area contributed by atoms with E-state index in [4.69, 9.17) is 20.0 Å². The second-order valence-corrected chi connectivity index (χ2v) is 13.5. The van der Waals surface area contributed by atoms with E-state index < -0.39 is 47.4 Å². The van der Waals surface area contributed by atoms with E-state index in [1.165, 1.54) is 35.5 Å². The summed E-state index contributed by atoms with van der Waals surface area (Å²) in [5.41, 5.74) is 6.45. The number of nitrogen functional groups attached to an aromatic ring is 1. The number of nitrogens with two attached hydrogens (primary N) is 1. The van der Waals surface area contributed by atoms with Crippen molar-refractivity contribution in [1.82, 2.24) is 24.6 Å². The fourth-order valence-electron chi connectivity index (χ4n) is 4.31. The molecule has 2 aliphatic rings. The number of anilines is 1. The standard InChI is InChI=1S/C27H29N7O7S3/c1-27(2,3)25(38)41-13-40-24(37)20-14(10-42-17-7-5-6-16-29-8-9-33(16)17)11-43-23-19(22(36)34(20)23)31-21(35)18(32-39-4)15-12-44-26(28)30-15/h5-9,12,19,23H,10-11,13H2,1-4H3,(H2,28,30)(H,31,35)/b32-18-/t19-,23-/m1/s1. The predicted octanol–water partition coefficient (Wildman–Crippen LogP) is 2.26. The largest absolute Gasteiger partial charge is 0.427 e. The number of pyridine rings is 1. The Hall–Kier alpha value is -4.09. The van der Waals surface area contributed by atoms with Crippen LogP contribution in [0.25, 0.3) is 5.65 Å². The van der Waals surface area contributed by atoms with Crippen LogP contribution < -0.4 is 11.1 Å². The van der Waals surface area contributed by atoms with Gasteiger partial charge >= 0.3 is 11.9 Å². The van der Waals surface area contributed by atoms with Crippen LogP contribution in [0.5, 0.6) is 0 Å². The van der Waals surface area contributed by atoms with Crippen LogP contribution in [0.4, 0.5) is 5.13 Å². The van der Waals surface area contributed by atoms with Crippen LogP contribution in [0.3, 0.4) is 0 Å². The molecule has 0 bridgehead atoms. The number of nitrogens with one attached hydrogen (secondary N) is 1. The highest BCUT2D eigenvalue weighted by molar-refractivity contribution is 8.01. The molecular weight excluding hydrogens is 631 g/mol. The maximum absolute atomic E-state index is 13.5. The number of ether oxygens (including phenoxy) is 2. The van der Waals surface area contributed by atoms with Crippen molar-refractivity contribution in [3.8, 4) is 0 Å². The van der Waals surface area contributed by atoms with Crippen molar-refractivity contribution in [3.05, 3.63) is 52.9 Å². The zero-order valence-corrected chi connectivity index (χ0v) is 26.6. The van der Waals surface area contributed by atoms with Gasteiger partial charge in [0.2, 0.25) is 6.79 Å². The number of rotatable bonds is 10. The van der Waals surface area contributed by atoms with E-state index in [0.717, 1.165) is 22.0 Å². The summed E-state index contributed by atoms with van der Waals surface area (Å²) in [7, 11) is 1.28. The van der Waals surface area contributed by atoms with Gasteiger partial charge in [0.05, 0.1) is 10.4 Å². The number of oxime groups is 1. The van der Waals surface area contributed by atoms with Crippen molar-refractivity contribution >= 4 is 75.1 Å². The van der Waals surface area contributed by atoms with Gasteiger partial charge in [-0.3, -0.25) is 23.7 Å². The van der Waals surface area contributed by atoms with E-state index in [0.29, 0.717) is 17.1 Å². The highest BCUT2D eigenvalue weighted by Crippen LogP contribution is 2.42. The van der Waals surface area contributed by atoms with Gasteiger partial charge in [0.1, 0.15) is 35.6 Å². The molecule has 0 aliphatic carbocycles. The molecule has 0 radical (unpaired) electrons. The molecule has 1 saturated heterocycles. The molecule has 3 aromatic heterocycles. The van der Waals surface area contributed by atoms with Gasteiger partial charge in [0, 0.05) is 29.3 Å². The second-order valence-electron chi connectivity index (χ2n) is 10.5. The number of fused-ring (bicyclic) bond motifs is 2. The predicted molar refractivity (Wildman–Crippen MR) is 165 cm³/mol. The van der Waals surface area contributed by atoms with Crippen molar-refractivity contribution in [1.29, 1.82) is 0 Å². The van der Waals surface area contributed by atoms with Crippen LogP contribution in [0.2, 0.25) is 0 Å². The van der Waals surface area contributed by atoms with Crippen LogP contribution in [0.15, 0.2) is 57.4 Å². The van der Waals surface area contributed by atoms with E-state index in [-0.39, 0.29) is 22.2 Å². The minimum atomic E-state index is -0.957. The molecule has 0 saturated carbocycles. The third-order valence-electron chi connectivity index (χ3n) is 6.47. The molecule has 2 atom stereocenters. The quantitative estimate of drug-likeness (QED) is 0.0811. The maximum atomic E-state index is 13.5. The number of hydrogen-bond acceptors (Lipinski definition) is 14. The number of hydrogen-bond donors (Lipinski definition) is 2. The van der Waals surface area contributed by atoms with Crippen LogP contribution in [0.1, 0.15) is 26.5 Å². The van der Waals surface area contributed by atoms with Gasteiger partial charge in [-0.05, 0) is 38.5 Å². The summed E-state index contributed by atoms with van der Waals surface area (Å²) in [4.78, 5) is 66.7. The summed E-state index contributed by atoms with van der Waals surface area (Å²) >= 11 is 3.99. The monoisotopic (exact) mass is 659 g/mol. The minimum absolute atomic E-state index is 0.0550. The molecule has 5 heterocycles. The van der Waals surface area contributed by atoms with Crippen LogP contribution in [-0.2, 0) is 33.5 Å². The Balaban J connectivity index is 1.36. The Bertz CT molecular complexity index is 1680. The van der Waals surface area contributed by atoms with Crippen LogP contribution in [0, 0.1) is 5.41 Å². The van der Waals surface area contributed by atoms with Gasteiger partial charge in [-0.1, -0.05) is 11.2 Å². The van der Waals surface area contributed by atoms with Gasteiger partial charge in [-0.15, -0.1) is 34.9 Å². The molecule has 3 aromatic rings. The highest BCUT2D eigenvalue weighted by atomic mass is 32.2. The number of esters is 2. The molecule has 3 N–H and O–H groups in total. The lowest BCUT2D eigenvalue weighted by Crippen LogP contribution is -2.71. The molecular formula is C27H29N7O7S3. The van der Waals surface area contributed by atoms with Gasteiger partial charge in [-0.2, -0.15) is 0 Å². The van der Waals surface area contributed by atoms with Crippen molar-refractivity contribution in [2.45, 2.75) is 37.2 Å². The number of nitrogens with zero attached hydrogens (tertiary/aromatic N) is 5. The number of amides is 2. The summed E-state index contributed by atoms with van der Waals surface area (Å²) in [6.07, 6.45) is 3.53. The fourth-order valence-corrected chi connectivity index (χ4v) is 7.36. The molecule has 0 aromatic carbocycles. The Labute approximate surface area is 264 Å². The average molecular weight is 660 g/mol. The van der Waals surface area contributed by atoms with Gasteiger partial charge in [0.15, 0.2) is 10.8 Å². The zero-order valence-electron chi connectivity index (χ0n) is 24.1. The topological polar surface area (TPSA) is 180 Å². The molecule has 14 nitrogen and oxygen atoms in total. The smallest absolute Gasteiger partial charge is 0.357 e. The van der Waals surface area contributed by atoms with Crippen molar-refractivity contribution in [3.63, 3.8) is 0 Å². The molecule has 1 fully saturated rings. The summed E-state index contributed by atoms with van der Waals surface area (Å²) in [5.74, 6) is -1.82. The number of aromatic nitrogens is 3. The number of carbonyl (C=O) groups is 4. The van der Waals surface area contributed by atoms with Crippen molar-refractivity contribution in [2.24, 2.45) is 10.6 Å². The second kappa shape index (κ2) is 12.9. The lowest BCUT2D eigenvalue weighted by molar-refractivity contribution is -0.173. The summed E-state index contributed by atoms with van der Waals surface area (Å²) < 4.78 is 12.4. The minimum Gasteiger partial charge on any atom is -0.427 e. The lowest BCUT2D eigenvalue weighted by atomic mass is 9.98.